The second-order valence-corrected chi connectivity index (χ2v) is 16.5. The summed E-state index contributed by atoms with van der Waals surface area (Å²) < 4.78 is 25.9. The smallest absolute Gasteiger partial charge is 0.339 e. The zero-order chi connectivity index (χ0) is 48.9. The fourth-order valence-corrected chi connectivity index (χ4v) is 7.79. The summed E-state index contributed by atoms with van der Waals surface area (Å²) in [6.07, 6.45) is 13.0. The van der Waals surface area contributed by atoms with Crippen molar-refractivity contribution in [2.45, 2.75) is 27.2 Å². The number of hydrogen-bond donors (Lipinski definition) is 0. The molecule has 6 aromatic rings. The summed E-state index contributed by atoms with van der Waals surface area (Å²) in [5.74, 6) is 10.4. The molecular formula is C58H58INO7. The van der Waals surface area contributed by atoms with E-state index in [-0.39, 0.29) is 11.9 Å². The number of rotatable bonds is 8. The van der Waals surface area contributed by atoms with Gasteiger partial charge in [-0.3, -0.25) is 0 Å². The third-order valence-corrected chi connectivity index (χ3v) is 11.3. The Morgan fingerprint density at radius 3 is 1.76 bits per heavy atom. The average molecular weight is 1010 g/mol. The molecule has 7 rings (SSSR count). The van der Waals surface area contributed by atoms with E-state index in [1.54, 1.807) is 21.3 Å². The number of fused-ring (bicyclic) bond motifs is 2. The van der Waals surface area contributed by atoms with Crippen molar-refractivity contribution >= 4 is 52.3 Å². The van der Waals surface area contributed by atoms with E-state index in [1.807, 2.05) is 98.8 Å². The van der Waals surface area contributed by atoms with Gasteiger partial charge in [-0.2, -0.15) is 0 Å². The molecule has 0 fully saturated rings. The van der Waals surface area contributed by atoms with Crippen LogP contribution in [0.4, 0.5) is 0 Å². The first-order valence-electron chi connectivity index (χ1n) is 21.4. The number of ether oxygens (including phenoxy) is 5. The Balaban J connectivity index is 0.000000207. The van der Waals surface area contributed by atoms with E-state index in [1.165, 1.54) is 47.6 Å². The fourth-order valence-electron chi connectivity index (χ4n) is 6.93. The Labute approximate surface area is 410 Å². The number of terminal acetylenes is 1. The number of carbonyl (C=O) groups is 2. The van der Waals surface area contributed by atoms with Crippen LogP contribution in [-0.4, -0.2) is 73.0 Å². The first kappa shape index (κ1) is 52.6. The lowest BCUT2D eigenvalue weighted by Crippen LogP contribution is -2.12. The van der Waals surface area contributed by atoms with Crippen LogP contribution in [0.3, 0.4) is 0 Å². The third-order valence-electron chi connectivity index (χ3n) is 10.4. The average Bonchev–Trinajstić information content (AvgIpc) is 3.50. The van der Waals surface area contributed by atoms with Crippen LogP contribution in [0.1, 0.15) is 82.8 Å². The molecule has 0 atom stereocenters. The fraction of sp³-hybridized carbons (Fsp3) is 0.207. The maximum absolute atomic E-state index is 11.9. The largest absolute Gasteiger partial charge is 0.497 e. The van der Waals surface area contributed by atoms with Gasteiger partial charge in [0, 0.05) is 26.8 Å². The van der Waals surface area contributed by atoms with Gasteiger partial charge in [-0.15, -0.1) is 6.42 Å². The molecule has 67 heavy (non-hydrogen) atoms. The molecule has 0 saturated heterocycles. The summed E-state index contributed by atoms with van der Waals surface area (Å²) >= 11 is 2.12. The maximum Gasteiger partial charge on any atom is 0.339 e. The predicted molar refractivity (Wildman–Crippen MR) is 281 cm³/mol. The maximum atomic E-state index is 11.9. The molecule has 0 spiro atoms. The van der Waals surface area contributed by atoms with Gasteiger partial charge in [-0.05, 0) is 169 Å². The van der Waals surface area contributed by atoms with E-state index >= 15 is 0 Å². The van der Waals surface area contributed by atoms with Crippen LogP contribution in [0.2, 0.25) is 0 Å². The van der Waals surface area contributed by atoms with Crippen LogP contribution in [0.25, 0.3) is 17.7 Å². The molecular weight excluding hydrogens is 950 g/mol. The van der Waals surface area contributed by atoms with Gasteiger partial charge in [0.25, 0.3) is 0 Å². The number of carbonyl (C=O) groups excluding carboxylic acids is 2. The number of methoxy groups -OCH3 is 5. The van der Waals surface area contributed by atoms with Crippen LogP contribution < -0.4 is 14.2 Å². The van der Waals surface area contributed by atoms with Crippen molar-refractivity contribution in [3.05, 3.63) is 198 Å². The quantitative estimate of drug-likeness (QED) is 0.0846. The summed E-state index contributed by atoms with van der Waals surface area (Å²) in [4.78, 5) is 25.3. The molecule has 8 nitrogen and oxygen atoms in total. The third kappa shape index (κ3) is 15.3. The number of nitrogens with zero attached hydrogens (tertiary/aromatic N) is 1. The van der Waals surface area contributed by atoms with E-state index in [0.29, 0.717) is 16.7 Å². The highest BCUT2D eigenvalue weighted by Gasteiger charge is 2.18. The number of esters is 2. The van der Waals surface area contributed by atoms with Gasteiger partial charge in [0.15, 0.2) is 0 Å². The van der Waals surface area contributed by atoms with Gasteiger partial charge in [0.1, 0.15) is 17.2 Å². The molecule has 6 aromatic carbocycles. The van der Waals surface area contributed by atoms with Gasteiger partial charge in [-0.1, -0.05) is 96.7 Å². The van der Waals surface area contributed by atoms with E-state index < -0.39 is 0 Å². The minimum atomic E-state index is -0.372. The normalized spacial score (nSPS) is 11.1. The van der Waals surface area contributed by atoms with Gasteiger partial charge >= 0.3 is 11.9 Å². The topological polar surface area (TPSA) is 83.5 Å². The second-order valence-electron chi connectivity index (χ2n) is 15.3. The minimum Gasteiger partial charge on any atom is -0.497 e. The number of aryl methyl sites for hydroxylation is 3. The van der Waals surface area contributed by atoms with Crippen molar-refractivity contribution in [1.29, 1.82) is 0 Å². The number of hydrogen-bond acceptors (Lipinski definition) is 8. The van der Waals surface area contributed by atoms with Crippen LogP contribution in [0, 0.1) is 48.5 Å². The van der Waals surface area contributed by atoms with Crippen LogP contribution >= 0.6 is 22.6 Å². The zero-order valence-electron chi connectivity index (χ0n) is 40.0. The lowest BCUT2D eigenvalue weighted by molar-refractivity contribution is 0.0590. The Morgan fingerprint density at radius 1 is 0.612 bits per heavy atom. The monoisotopic (exact) mass is 1010 g/mol. The van der Waals surface area contributed by atoms with Crippen LogP contribution in [0.5, 0.6) is 17.2 Å². The molecule has 0 aromatic heterocycles. The van der Waals surface area contributed by atoms with Crippen molar-refractivity contribution in [2.24, 2.45) is 0 Å². The summed E-state index contributed by atoms with van der Waals surface area (Å²) in [7, 11) is 11.9. The Kier molecular flexibility index (Phi) is 21.0. The summed E-state index contributed by atoms with van der Waals surface area (Å²) in [6.45, 7) is 7.00. The molecule has 0 N–H and O–H groups in total. The predicted octanol–water partition coefficient (Wildman–Crippen LogP) is 12.1. The lowest BCUT2D eigenvalue weighted by Gasteiger charge is -2.16. The molecule has 0 unspecified atom stereocenters. The van der Waals surface area contributed by atoms with Crippen LogP contribution in [0.15, 0.2) is 127 Å². The molecule has 0 saturated carbocycles. The lowest BCUT2D eigenvalue weighted by atomic mass is 9.89. The van der Waals surface area contributed by atoms with E-state index in [9.17, 15) is 9.59 Å². The highest BCUT2D eigenvalue weighted by Crippen LogP contribution is 2.37. The Morgan fingerprint density at radius 2 is 1.15 bits per heavy atom. The van der Waals surface area contributed by atoms with E-state index in [2.05, 4.69) is 126 Å². The molecule has 0 heterocycles. The summed E-state index contributed by atoms with van der Waals surface area (Å²) in [5.41, 5.74) is 13.1. The van der Waals surface area contributed by atoms with E-state index in [0.717, 1.165) is 56.0 Å². The van der Waals surface area contributed by atoms with Crippen LogP contribution in [-0.2, 0) is 9.47 Å². The molecule has 9 heteroatoms. The molecule has 0 radical (unpaired) electrons. The van der Waals surface area contributed by atoms with Gasteiger partial charge in [0.05, 0.1) is 46.7 Å². The van der Waals surface area contributed by atoms with Crippen molar-refractivity contribution in [2.75, 3.05) is 56.2 Å². The SMILES string of the molecule is C#Cc1cccc(OC)c1.COC(=O)c1c(C)cccc1C#Cc1cccc(OC)c1.COC(=O)c1c(C)cccc1I.COc1ccc2c(c1)C=Cc1cccc(C)c1/C2=C/CCN(C)C. The Hall–Kier alpha value is -7.05. The Bertz CT molecular complexity index is 2800. The molecule has 0 amide bonds. The molecule has 344 valence electrons. The van der Waals surface area contributed by atoms with Gasteiger partial charge in [-0.25, -0.2) is 9.59 Å². The molecule has 0 aliphatic heterocycles. The highest BCUT2D eigenvalue weighted by atomic mass is 127. The number of halogens is 1. The minimum absolute atomic E-state index is 0.266. The van der Waals surface area contributed by atoms with E-state index in [4.69, 9.17) is 25.4 Å². The number of benzene rings is 6. The summed E-state index contributed by atoms with van der Waals surface area (Å²) in [6, 6.07) is 39.0. The molecule has 1 aliphatic rings. The molecule has 1 aliphatic carbocycles. The van der Waals surface area contributed by atoms with Crippen molar-refractivity contribution in [3.63, 3.8) is 0 Å². The first-order valence-corrected chi connectivity index (χ1v) is 22.5. The standard InChI is InChI=1S/C22H25NO.C18H16O3.C9H9IO2.C9H8O/c1-16-7-5-8-17-10-11-18-15-19(24-4)12-13-20(18)21(22(16)17)9-6-14-23(2)3;1-13-6-4-8-15(17(13)18(19)21-3)11-10-14-7-5-9-16(12-14)20-2;1-6-4-3-5-7(10)8(6)9(11)12-2;1-3-8-5-4-6-9(7-8)10-2/h5,7-13,15H,6,14H2,1-4H3;4-9,12H,1-3H3;3-5H,1-2H3;1,4-7H,2H3/b21-9+;;;. The second kappa shape index (κ2) is 26.8. The van der Waals surface area contributed by atoms with Gasteiger partial charge in [0.2, 0.25) is 0 Å². The van der Waals surface area contributed by atoms with Crippen molar-refractivity contribution in [3.8, 4) is 41.4 Å². The summed E-state index contributed by atoms with van der Waals surface area (Å²) in [5, 5.41) is 0. The zero-order valence-corrected chi connectivity index (χ0v) is 42.1. The first-order chi connectivity index (χ1) is 32.3. The van der Waals surface area contributed by atoms with Crippen molar-refractivity contribution < 1.29 is 33.3 Å². The van der Waals surface area contributed by atoms with Crippen molar-refractivity contribution in [1.82, 2.24) is 4.90 Å². The highest BCUT2D eigenvalue weighted by molar-refractivity contribution is 14.1. The molecule has 0 bridgehead atoms. The van der Waals surface area contributed by atoms with Gasteiger partial charge < -0.3 is 28.6 Å².